The first kappa shape index (κ1) is 13.7. The highest BCUT2D eigenvalue weighted by Crippen LogP contribution is 2.18. The van der Waals surface area contributed by atoms with Crippen molar-refractivity contribution in [2.75, 3.05) is 0 Å². The molecule has 102 valence electrons. The molecule has 0 radical (unpaired) electrons. The number of nitrogens with one attached hydrogen (secondary N) is 1. The molecule has 0 bridgehead atoms. The summed E-state index contributed by atoms with van der Waals surface area (Å²) < 4.78 is 6.34. The minimum Gasteiger partial charge on any atom is -0.408 e. The molecule has 0 aliphatic rings. The number of rotatable bonds is 2. The van der Waals surface area contributed by atoms with Crippen LogP contribution in [0.2, 0.25) is 5.02 Å². The van der Waals surface area contributed by atoms with Gasteiger partial charge in [0.05, 0.1) is 5.52 Å². The Morgan fingerprint density at radius 2 is 2.11 bits per heavy atom. The lowest BCUT2D eigenvalue weighted by atomic mass is 10.1. The van der Waals surface area contributed by atoms with Gasteiger partial charge in [0.15, 0.2) is 5.58 Å². The SMILES string of the molecule is CC(C)(C)NC(=O)Cn1c(=O)oc2cc(Cl)ccc21. The lowest BCUT2D eigenvalue weighted by Gasteiger charge is -2.20. The molecule has 0 saturated carbocycles. The second kappa shape index (κ2) is 4.74. The van der Waals surface area contributed by atoms with E-state index in [1.165, 1.54) is 4.57 Å². The Bertz CT molecular complexity index is 679. The maximum atomic E-state index is 11.9. The van der Waals surface area contributed by atoms with E-state index in [2.05, 4.69) is 5.32 Å². The predicted octanol–water partition coefficient (Wildman–Crippen LogP) is 2.16. The molecular formula is C13H15ClN2O3. The molecule has 19 heavy (non-hydrogen) atoms. The summed E-state index contributed by atoms with van der Waals surface area (Å²) >= 11 is 5.82. The molecule has 1 aromatic carbocycles. The van der Waals surface area contributed by atoms with Crippen molar-refractivity contribution in [1.29, 1.82) is 0 Å². The van der Waals surface area contributed by atoms with Crippen molar-refractivity contribution in [3.63, 3.8) is 0 Å². The molecule has 0 fully saturated rings. The summed E-state index contributed by atoms with van der Waals surface area (Å²) in [6.07, 6.45) is 0. The van der Waals surface area contributed by atoms with Gasteiger partial charge in [-0.2, -0.15) is 0 Å². The molecule has 1 N–H and O–H groups in total. The average molecular weight is 283 g/mol. The monoisotopic (exact) mass is 282 g/mol. The number of fused-ring (bicyclic) bond motifs is 1. The Kier molecular flexibility index (Phi) is 3.41. The minimum atomic E-state index is -0.568. The standard InChI is InChI=1S/C13H15ClN2O3/c1-13(2,3)15-11(17)7-16-9-5-4-8(14)6-10(9)19-12(16)18/h4-6H,7H2,1-3H3,(H,15,17). The van der Waals surface area contributed by atoms with Gasteiger partial charge in [0.2, 0.25) is 5.91 Å². The van der Waals surface area contributed by atoms with E-state index in [4.69, 9.17) is 16.0 Å². The first-order chi connectivity index (χ1) is 8.76. The van der Waals surface area contributed by atoms with Gasteiger partial charge in [-0.25, -0.2) is 4.79 Å². The zero-order chi connectivity index (χ0) is 14.2. The van der Waals surface area contributed by atoms with Crippen LogP contribution in [0.25, 0.3) is 11.1 Å². The highest BCUT2D eigenvalue weighted by molar-refractivity contribution is 6.31. The van der Waals surface area contributed by atoms with Gasteiger partial charge in [-0.15, -0.1) is 0 Å². The Balaban J connectivity index is 2.33. The lowest BCUT2D eigenvalue weighted by molar-refractivity contribution is -0.123. The summed E-state index contributed by atoms with van der Waals surface area (Å²) in [5.41, 5.74) is 0.586. The van der Waals surface area contributed by atoms with Gasteiger partial charge in [0, 0.05) is 16.6 Å². The molecule has 1 heterocycles. The number of halogens is 1. The van der Waals surface area contributed by atoms with Crippen molar-refractivity contribution in [3.8, 4) is 0 Å². The van der Waals surface area contributed by atoms with Crippen molar-refractivity contribution in [2.24, 2.45) is 0 Å². The van der Waals surface area contributed by atoms with E-state index in [1.54, 1.807) is 18.2 Å². The number of nitrogens with zero attached hydrogens (tertiary/aromatic N) is 1. The van der Waals surface area contributed by atoms with Crippen LogP contribution in [0.4, 0.5) is 0 Å². The van der Waals surface area contributed by atoms with Crippen LogP contribution < -0.4 is 11.1 Å². The van der Waals surface area contributed by atoms with Crippen molar-refractivity contribution < 1.29 is 9.21 Å². The van der Waals surface area contributed by atoms with Crippen LogP contribution in [0.5, 0.6) is 0 Å². The normalized spacial score (nSPS) is 11.8. The zero-order valence-corrected chi connectivity index (χ0v) is 11.7. The Labute approximate surface area is 115 Å². The first-order valence-corrected chi connectivity index (χ1v) is 6.24. The predicted molar refractivity (Wildman–Crippen MR) is 73.4 cm³/mol. The number of carbonyl (C=O) groups is 1. The van der Waals surface area contributed by atoms with Gasteiger partial charge in [0.25, 0.3) is 0 Å². The largest absolute Gasteiger partial charge is 0.420 e. The number of oxazole rings is 1. The van der Waals surface area contributed by atoms with E-state index in [-0.39, 0.29) is 18.0 Å². The van der Waals surface area contributed by atoms with Crippen molar-refractivity contribution in [1.82, 2.24) is 9.88 Å². The molecule has 0 saturated heterocycles. The number of hydrogen-bond donors (Lipinski definition) is 1. The number of carbonyl (C=O) groups excluding carboxylic acids is 1. The molecule has 0 atom stereocenters. The van der Waals surface area contributed by atoms with E-state index < -0.39 is 5.76 Å². The van der Waals surface area contributed by atoms with Crippen LogP contribution in [0.1, 0.15) is 20.8 Å². The molecule has 1 aromatic heterocycles. The molecule has 0 aliphatic carbocycles. The molecule has 1 amide bonds. The highest BCUT2D eigenvalue weighted by atomic mass is 35.5. The fourth-order valence-corrected chi connectivity index (χ4v) is 1.95. The van der Waals surface area contributed by atoms with Crippen LogP contribution in [0, 0.1) is 0 Å². The van der Waals surface area contributed by atoms with Crippen LogP contribution in [-0.4, -0.2) is 16.0 Å². The fraction of sp³-hybridized carbons (Fsp3) is 0.385. The Morgan fingerprint density at radius 3 is 2.74 bits per heavy atom. The fourth-order valence-electron chi connectivity index (χ4n) is 1.79. The number of benzene rings is 1. The second-order valence-electron chi connectivity index (χ2n) is 5.36. The summed E-state index contributed by atoms with van der Waals surface area (Å²) in [4.78, 5) is 23.6. The maximum absolute atomic E-state index is 11.9. The molecule has 0 aliphatic heterocycles. The molecular weight excluding hydrogens is 268 g/mol. The van der Waals surface area contributed by atoms with Crippen LogP contribution in [0.3, 0.4) is 0 Å². The summed E-state index contributed by atoms with van der Waals surface area (Å²) in [6, 6.07) is 4.86. The molecule has 0 unspecified atom stereocenters. The molecule has 0 spiro atoms. The number of amides is 1. The van der Waals surface area contributed by atoms with Crippen LogP contribution in [-0.2, 0) is 11.3 Å². The third-order valence-corrected chi connectivity index (χ3v) is 2.68. The quantitative estimate of drug-likeness (QED) is 0.918. The van der Waals surface area contributed by atoms with Gasteiger partial charge >= 0.3 is 5.76 Å². The topological polar surface area (TPSA) is 64.2 Å². The Hall–Kier alpha value is -1.75. The summed E-state index contributed by atoms with van der Waals surface area (Å²) in [6.45, 7) is 5.55. The van der Waals surface area contributed by atoms with E-state index in [9.17, 15) is 9.59 Å². The van der Waals surface area contributed by atoms with Crippen LogP contribution >= 0.6 is 11.6 Å². The van der Waals surface area contributed by atoms with Gasteiger partial charge < -0.3 is 9.73 Å². The van der Waals surface area contributed by atoms with Crippen molar-refractivity contribution in [2.45, 2.75) is 32.9 Å². The van der Waals surface area contributed by atoms with E-state index in [1.807, 2.05) is 20.8 Å². The molecule has 5 nitrogen and oxygen atoms in total. The van der Waals surface area contributed by atoms with E-state index >= 15 is 0 Å². The molecule has 2 aromatic rings. The van der Waals surface area contributed by atoms with Crippen molar-refractivity contribution in [3.05, 3.63) is 33.8 Å². The van der Waals surface area contributed by atoms with Gasteiger partial charge in [-0.1, -0.05) is 11.6 Å². The third kappa shape index (κ3) is 3.17. The lowest BCUT2D eigenvalue weighted by Crippen LogP contribution is -2.43. The van der Waals surface area contributed by atoms with Crippen molar-refractivity contribution >= 4 is 28.6 Å². The molecule has 2 rings (SSSR count). The number of aromatic nitrogens is 1. The highest BCUT2D eigenvalue weighted by Gasteiger charge is 2.17. The minimum absolute atomic E-state index is 0.0786. The van der Waals surface area contributed by atoms with E-state index in [0.29, 0.717) is 16.1 Å². The summed E-state index contributed by atoms with van der Waals surface area (Å²) in [5.74, 6) is -0.812. The average Bonchev–Trinajstić information content (AvgIpc) is 2.51. The smallest absolute Gasteiger partial charge is 0.408 e. The maximum Gasteiger partial charge on any atom is 0.420 e. The first-order valence-electron chi connectivity index (χ1n) is 5.86. The van der Waals surface area contributed by atoms with Gasteiger partial charge in [-0.3, -0.25) is 9.36 Å². The Morgan fingerprint density at radius 1 is 1.42 bits per heavy atom. The summed E-state index contributed by atoms with van der Waals surface area (Å²) in [7, 11) is 0. The zero-order valence-electron chi connectivity index (χ0n) is 11.0. The van der Waals surface area contributed by atoms with Crippen LogP contribution in [0.15, 0.2) is 27.4 Å². The summed E-state index contributed by atoms with van der Waals surface area (Å²) in [5, 5.41) is 3.27. The second-order valence-corrected chi connectivity index (χ2v) is 5.80. The van der Waals surface area contributed by atoms with E-state index in [0.717, 1.165) is 0 Å². The van der Waals surface area contributed by atoms with Gasteiger partial charge in [0.1, 0.15) is 6.54 Å². The van der Waals surface area contributed by atoms with Gasteiger partial charge in [-0.05, 0) is 32.9 Å². The molecule has 6 heteroatoms. The number of hydrogen-bond acceptors (Lipinski definition) is 3. The third-order valence-electron chi connectivity index (χ3n) is 2.45.